The van der Waals surface area contributed by atoms with E-state index >= 15 is 0 Å². The summed E-state index contributed by atoms with van der Waals surface area (Å²) in [7, 11) is 0. The summed E-state index contributed by atoms with van der Waals surface area (Å²) in [5.41, 5.74) is 0. The highest BCUT2D eigenvalue weighted by Gasteiger charge is 2.17. The lowest BCUT2D eigenvalue weighted by molar-refractivity contribution is 0.0228. The highest BCUT2D eigenvalue weighted by molar-refractivity contribution is 4.73. The highest BCUT2D eigenvalue weighted by atomic mass is 16.3. The molecule has 0 amide bonds. The largest absolute Gasteiger partial charge is 0.390 e. The van der Waals surface area contributed by atoms with Crippen LogP contribution in [0.5, 0.6) is 0 Å². The van der Waals surface area contributed by atoms with Crippen LogP contribution in [0.3, 0.4) is 0 Å². The van der Waals surface area contributed by atoms with Crippen molar-refractivity contribution in [3.8, 4) is 0 Å². The van der Waals surface area contributed by atoms with Gasteiger partial charge in [-0.3, -0.25) is 0 Å². The number of hydrogen-bond donors (Lipinski definition) is 3. The first-order valence-electron chi connectivity index (χ1n) is 3.37. The summed E-state index contributed by atoms with van der Waals surface area (Å²) >= 11 is 0. The normalized spacial score (nSPS) is 38.0. The van der Waals surface area contributed by atoms with Gasteiger partial charge in [-0.15, -0.1) is 0 Å². The van der Waals surface area contributed by atoms with Crippen LogP contribution >= 0.6 is 0 Å². The predicted octanol–water partition coefficient (Wildman–Crippen LogP) is -0.908. The molecule has 0 aliphatic carbocycles. The van der Waals surface area contributed by atoms with Crippen molar-refractivity contribution in [3.05, 3.63) is 0 Å². The van der Waals surface area contributed by atoms with E-state index in [0.29, 0.717) is 13.0 Å². The molecule has 0 aromatic carbocycles. The Morgan fingerprint density at radius 1 is 1.22 bits per heavy atom. The Morgan fingerprint density at radius 3 is 2.78 bits per heavy atom. The van der Waals surface area contributed by atoms with Crippen LogP contribution in [0.1, 0.15) is 12.8 Å². The van der Waals surface area contributed by atoms with Crippen LogP contribution in [-0.2, 0) is 0 Å². The monoisotopic (exact) mass is 131 g/mol. The molecule has 1 rings (SSSR count). The van der Waals surface area contributed by atoms with Crippen molar-refractivity contribution >= 4 is 0 Å². The molecule has 1 fully saturated rings. The molecule has 0 bridgehead atoms. The van der Waals surface area contributed by atoms with E-state index in [9.17, 15) is 0 Å². The molecular formula is C6H13NO2. The Morgan fingerprint density at radius 2 is 2.00 bits per heavy atom. The standard InChI is InChI=1S/C6H13NO2/c8-5-2-1-3-7-4-6(5)9/h5-9H,1-4H2. The van der Waals surface area contributed by atoms with Crippen molar-refractivity contribution in [1.29, 1.82) is 0 Å². The van der Waals surface area contributed by atoms with Crippen LogP contribution in [-0.4, -0.2) is 35.5 Å². The van der Waals surface area contributed by atoms with E-state index < -0.39 is 12.2 Å². The van der Waals surface area contributed by atoms with Crippen molar-refractivity contribution < 1.29 is 10.2 Å². The minimum atomic E-state index is -0.563. The fourth-order valence-corrected chi connectivity index (χ4v) is 1.01. The SMILES string of the molecule is OC1CCCNCC1O. The van der Waals surface area contributed by atoms with Gasteiger partial charge in [0.05, 0.1) is 12.2 Å². The van der Waals surface area contributed by atoms with Gasteiger partial charge in [0.25, 0.3) is 0 Å². The maximum atomic E-state index is 9.07. The molecule has 0 spiro atoms. The third-order valence-electron chi connectivity index (χ3n) is 1.65. The van der Waals surface area contributed by atoms with Crippen molar-refractivity contribution in [3.63, 3.8) is 0 Å². The smallest absolute Gasteiger partial charge is 0.0923 e. The third kappa shape index (κ3) is 1.93. The van der Waals surface area contributed by atoms with Gasteiger partial charge in [0.1, 0.15) is 0 Å². The highest BCUT2D eigenvalue weighted by Crippen LogP contribution is 2.04. The molecule has 3 nitrogen and oxygen atoms in total. The van der Waals surface area contributed by atoms with E-state index in [1.54, 1.807) is 0 Å². The molecule has 54 valence electrons. The first kappa shape index (κ1) is 6.99. The maximum Gasteiger partial charge on any atom is 0.0923 e. The minimum absolute atomic E-state index is 0.514. The molecule has 0 radical (unpaired) electrons. The average molecular weight is 131 g/mol. The van der Waals surface area contributed by atoms with Crippen molar-refractivity contribution in [1.82, 2.24) is 5.32 Å². The van der Waals surface area contributed by atoms with Gasteiger partial charge in [0.2, 0.25) is 0 Å². The molecule has 1 aliphatic heterocycles. The van der Waals surface area contributed by atoms with Gasteiger partial charge in [-0.2, -0.15) is 0 Å². The topological polar surface area (TPSA) is 52.5 Å². The first-order chi connectivity index (χ1) is 4.30. The Labute approximate surface area is 54.7 Å². The van der Waals surface area contributed by atoms with Crippen LogP contribution in [0.4, 0.5) is 0 Å². The molecule has 2 atom stereocenters. The summed E-state index contributed by atoms with van der Waals surface area (Å²) in [6.07, 6.45) is 0.597. The molecular weight excluding hydrogens is 118 g/mol. The Balaban J connectivity index is 2.32. The summed E-state index contributed by atoms with van der Waals surface area (Å²) in [5, 5.41) is 21.1. The zero-order valence-corrected chi connectivity index (χ0v) is 5.38. The maximum absolute atomic E-state index is 9.07. The fourth-order valence-electron chi connectivity index (χ4n) is 1.01. The summed E-state index contributed by atoms with van der Waals surface area (Å²) in [6.45, 7) is 1.44. The fraction of sp³-hybridized carbons (Fsp3) is 1.00. The molecule has 1 aliphatic rings. The molecule has 3 heteroatoms. The second-order valence-corrected chi connectivity index (χ2v) is 2.48. The van der Waals surface area contributed by atoms with Crippen LogP contribution in [0.2, 0.25) is 0 Å². The van der Waals surface area contributed by atoms with Gasteiger partial charge in [0, 0.05) is 6.54 Å². The van der Waals surface area contributed by atoms with E-state index in [0.717, 1.165) is 13.0 Å². The number of β-amino-alcohol motifs (C(OH)–C–C–N with tert-alkyl or cyclic N) is 1. The lowest BCUT2D eigenvalue weighted by Crippen LogP contribution is -2.32. The zero-order valence-electron chi connectivity index (χ0n) is 5.38. The summed E-state index contributed by atoms with van der Waals surface area (Å²) < 4.78 is 0. The number of aliphatic hydroxyl groups excluding tert-OH is 2. The number of nitrogens with one attached hydrogen (secondary N) is 1. The van der Waals surface area contributed by atoms with Crippen LogP contribution in [0.15, 0.2) is 0 Å². The lowest BCUT2D eigenvalue weighted by atomic mass is 10.1. The zero-order chi connectivity index (χ0) is 6.69. The lowest BCUT2D eigenvalue weighted by Gasteiger charge is -2.12. The molecule has 3 N–H and O–H groups in total. The molecule has 1 saturated heterocycles. The van der Waals surface area contributed by atoms with Gasteiger partial charge in [0.15, 0.2) is 0 Å². The Bertz CT molecular complexity index is 77.1. The Hall–Kier alpha value is -0.120. The average Bonchev–Trinajstić information content (AvgIpc) is 1.99. The van der Waals surface area contributed by atoms with Crippen LogP contribution in [0, 0.1) is 0 Å². The molecule has 0 saturated carbocycles. The molecule has 1 heterocycles. The number of hydrogen-bond acceptors (Lipinski definition) is 3. The summed E-state index contributed by atoms with van der Waals surface area (Å²) in [4.78, 5) is 0. The van der Waals surface area contributed by atoms with Crippen LogP contribution in [0.25, 0.3) is 0 Å². The van der Waals surface area contributed by atoms with Gasteiger partial charge in [-0.25, -0.2) is 0 Å². The van der Waals surface area contributed by atoms with Gasteiger partial charge in [-0.05, 0) is 19.4 Å². The second kappa shape index (κ2) is 3.15. The quantitative estimate of drug-likeness (QED) is 0.399. The summed E-state index contributed by atoms with van der Waals surface area (Å²) in [5.74, 6) is 0. The number of aliphatic hydroxyl groups is 2. The molecule has 0 aromatic heterocycles. The van der Waals surface area contributed by atoms with Crippen molar-refractivity contribution in [2.24, 2.45) is 0 Å². The second-order valence-electron chi connectivity index (χ2n) is 2.48. The molecule has 0 aromatic rings. The summed E-state index contributed by atoms with van der Waals surface area (Å²) in [6, 6.07) is 0. The van der Waals surface area contributed by atoms with E-state index in [4.69, 9.17) is 10.2 Å². The van der Waals surface area contributed by atoms with E-state index in [-0.39, 0.29) is 0 Å². The first-order valence-corrected chi connectivity index (χ1v) is 3.37. The Kier molecular flexibility index (Phi) is 2.45. The van der Waals surface area contributed by atoms with E-state index in [1.807, 2.05) is 0 Å². The minimum Gasteiger partial charge on any atom is -0.390 e. The molecule has 9 heavy (non-hydrogen) atoms. The molecule has 2 unspecified atom stereocenters. The van der Waals surface area contributed by atoms with Gasteiger partial charge < -0.3 is 15.5 Å². The number of rotatable bonds is 0. The third-order valence-corrected chi connectivity index (χ3v) is 1.65. The van der Waals surface area contributed by atoms with Crippen molar-refractivity contribution in [2.45, 2.75) is 25.0 Å². The van der Waals surface area contributed by atoms with E-state index in [2.05, 4.69) is 5.32 Å². The van der Waals surface area contributed by atoms with Gasteiger partial charge >= 0.3 is 0 Å². The van der Waals surface area contributed by atoms with Gasteiger partial charge in [-0.1, -0.05) is 0 Å². The van der Waals surface area contributed by atoms with Crippen molar-refractivity contribution in [2.75, 3.05) is 13.1 Å². The van der Waals surface area contributed by atoms with Crippen LogP contribution < -0.4 is 5.32 Å². The van der Waals surface area contributed by atoms with E-state index in [1.165, 1.54) is 0 Å². The predicted molar refractivity (Wildman–Crippen MR) is 34.1 cm³/mol.